The number of benzene rings is 3. The van der Waals surface area contributed by atoms with Crippen LogP contribution in [0.3, 0.4) is 0 Å². The molecule has 1 aliphatic heterocycles. The minimum atomic E-state index is -4.73. The van der Waals surface area contributed by atoms with Gasteiger partial charge in [-0.05, 0) is 53.9 Å². The summed E-state index contributed by atoms with van der Waals surface area (Å²) < 4.78 is 66.8. The Morgan fingerprint density at radius 1 is 1.03 bits per heavy atom. The molecule has 0 unspecified atom stereocenters. The summed E-state index contributed by atoms with van der Waals surface area (Å²) in [6, 6.07) is 10.9. The lowest BCUT2D eigenvalue weighted by Gasteiger charge is -2.39. The number of rotatable bonds is 4. The van der Waals surface area contributed by atoms with Crippen LogP contribution in [0.25, 0.3) is 0 Å². The average molecular weight is 494 g/mol. The van der Waals surface area contributed by atoms with Crippen molar-refractivity contribution in [3.05, 3.63) is 93.3 Å². The fourth-order valence-electron chi connectivity index (χ4n) is 4.32. The zero-order valence-corrected chi connectivity index (χ0v) is 19.0. The molecule has 3 aromatic rings. The van der Waals surface area contributed by atoms with E-state index in [2.05, 4.69) is 0 Å². The largest absolute Gasteiger partial charge is 0.493 e. The Bertz CT molecular complexity index is 1230. The van der Waals surface area contributed by atoms with Gasteiger partial charge in [0.2, 0.25) is 0 Å². The zero-order valence-electron chi connectivity index (χ0n) is 18.2. The monoisotopic (exact) mass is 493 g/mol. The van der Waals surface area contributed by atoms with Gasteiger partial charge in [0, 0.05) is 17.1 Å². The van der Waals surface area contributed by atoms with Gasteiger partial charge in [-0.15, -0.1) is 0 Å². The number of methoxy groups -OCH3 is 2. The van der Waals surface area contributed by atoms with Gasteiger partial charge in [0.25, 0.3) is 5.91 Å². The first-order chi connectivity index (χ1) is 16.2. The van der Waals surface area contributed by atoms with Gasteiger partial charge in [0.15, 0.2) is 11.5 Å². The second kappa shape index (κ2) is 9.18. The second-order valence-corrected chi connectivity index (χ2v) is 8.14. The van der Waals surface area contributed by atoms with Crippen LogP contribution in [0, 0.1) is 5.82 Å². The van der Waals surface area contributed by atoms with Crippen molar-refractivity contribution in [2.75, 3.05) is 20.8 Å². The van der Waals surface area contributed by atoms with E-state index >= 15 is 4.39 Å². The predicted molar refractivity (Wildman–Crippen MR) is 119 cm³/mol. The molecule has 0 saturated heterocycles. The molecule has 0 bridgehead atoms. The average Bonchev–Trinajstić information content (AvgIpc) is 2.82. The number of fused-ring (bicyclic) bond motifs is 1. The van der Waals surface area contributed by atoms with E-state index in [0.29, 0.717) is 23.5 Å². The van der Waals surface area contributed by atoms with E-state index in [1.54, 1.807) is 12.1 Å². The molecule has 0 fully saturated rings. The summed E-state index contributed by atoms with van der Waals surface area (Å²) in [6.45, 7) is 0.0445. The van der Waals surface area contributed by atoms with Gasteiger partial charge < -0.3 is 14.4 Å². The standard InChI is InChI=1S/C25H20ClF4NO3/c1-33-20-12-14-10-11-31(24(32)15-6-3-4-7-17(15)25(28,29)30)23(16(14)13-21(20)34-2)22-18(26)8-5-9-19(22)27/h3-9,12-13,23H,10-11H2,1-2H3/t23-/m0/s1. The number of nitrogens with zero attached hydrogens (tertiary/aromatic N) is 1. The van der Waals surface area contributed by atoms with Crippen LogP contribution in [0.5, 0.6) is 11.5 Å². The summed E-state index contributed by atoms with van der Waals surface area (Å²) in [6.07, 6.45) is -4.42. The number of carbonyl (C=O) groups is 1. The molecule has 0 aliphatic carbocycles. The number of hydrogen-bond acceptors (Lipinski definition) is 3. The maximum Gasteiger partial charge on any atom is 0.417 e. The third-order valence-corrected chi connectivity index (χ3v) is 6.20. The number of carbonyl (C=O) groups excluding carboxylic acids is 1. The minimum absolute atomic E-state index is 0.00447. The van der Waals surface area contributed by atoms with Crippen molar-refractivity contribution in [3.63, 3.8) is 0 Å². The summed E-state index contributed by atoms with van der Waals surface area (Å²) in [5.74, 6) is -0.773. The molecular formula is C25H20ClF4NO3. The normalized spacial score (nSPS) is 15.6. The lowest BCUT2D eigenvalue weighted by atomic mass is 9.86. The number of amides is 1. The SMILES string of the molecule is COc1cc2c(cc1OC)[C@@H](c1c(F)cccc1Cl)N(C(=O)c1ccccc1C(F)(F)F)CC2. The van der Waals surface area contributed by atoms with E-state index in [9.17, 15) is 18.0 Å². The van der Waals surface area contributed by atoms with Gasteiger partial charge in [-0.2, -0.15) is 13.2 Å². The highest BCUT2D eigenvalue weighted by molar-refractivity contribution is 6.31. The summed E-state index contributed by atoms with van der Waals surface area (Å²) in [5, 5.41) is 0.0505. The van der Waals surface area contributed by atoms with Crippen LogP contribution < -0.4 is 9.47 Å². The van der Waals surface area contributed by atoms with E-state index in [1.165, 1.54) is 49.5 Å². The molecule has 0 spiro atoms. The molecule has 1 aliphatic rings. The van der Waals surface area contributed by atoms with Crippen molar-refractivity contribution in [1.82, 2.24) is 4.90 Å². The van der Waals surface area contributed by atoms with Crippen LogP contribution in [0.1, 0.15) is 38.7 Å². The van der Waals surface area contributed by atoms with Gasteiger partial charge in [0.05, 0.1) is 31.4 Å². The Labute approximate surface area is 198 Å². The Balaban J connectivity index is 1.93. The number of halogens is 5. The summed E-state index contributed by atoms with van der Waals surface area (Å²) in [4.78, 5) is 14.8. The van der Waals surface area contributed by atoms with Crippen LogP contribution in [0.15, 0.2) is 54.6 Å². The maximum atomic E-state index is 15.1. The van der Waals surface area contributed by atoms with Crippen molar-refractivity contribution in [1.29, 1.82) is 0 Å². The van der Waals surface area contributed by atoms with Crippen LogP contribution in [-0.2, 0) is 12.6 Å². The molecule has 0 radical (unpaired) electrons. The van der Waals surface area contributed by atoms with Crippen LogP contribution in [-0.4, -0.2) is 31.6 Å². The van der Waals surface area contributed by atoms with Gasteiger partial charge in [-0.1, -0.05) is 29.8 Å². The summed E-state index contributed by atoms with van der Waals surface area (Å²) in [5.41, 5.74) is -0.341. The Kier molecular flexibility index (Phi) is 6.45. The Morgan fingerprint density at radius 3 is 2.35 bits per heavy atom. The lowest BCUT2D eigenvalue weighted by Crippen LogP contribution is -2.41. The first kappa shape index (κ1) is 23.9. The molecule has 34 heavy (non-hydrogen) atoms. The molecule has 4 nitrogen and oxygen atoms in total. The van der Waals surface area contributed by atoms with Crippen LogP contribution in [0.2, 0.25) is 5.02 Å². The second-order valence-electron chi connectivity index (χ2n) is 7.74. The molecule has 9 heteroatoms. The predicted octanol–water partition coefficient (Wildman–Crippen LogP) is 6.30. The van der Waals surface area contributed by atoms with E-state index < -0.39 is 35.1 Å². The van der Waals surface area contributed by atoms with E-state index in [0.717, 1.165) is 17.7 Å². The van der Waals surface area contributed by atoms with Gasteiger partial charge >= 0.3 is 6.18 Å². The zero-order chi connectivity index (χ0) is 24.6. The molecule has 0 saturated carbocycles. The van der Waals surface area contributed by atoms with Crippen molar-refractivity contribution >= 4 is 17.5 Å². The van der Waals surface area contributed by atoms with Crippen molar-refractivity contribution in [2.45, 2.75) is 18.6 Å². The third-order valence-electron chi connectivity index (χ3n) is 5.87. The highest BCUT2D eigenvalue weighted by atomic mass is 35.5. The van der Waals surface area contributed by atoms with Gasteiger partial charge in [-0.25, -0.2) is 4.39 Å². The first-order valence-electron chi connectivity index (χ1n) is 10.3. The Hall–Kier alpha value is -3.26. The highest BCUT2D eigenvalue weighted by Crippen LogP contribution is 2.44. The topological polar surface area (TPSA) is 38.8 Å². The van der Waals surface area contributed by atoms with Crippen LogP contribution >= 0.6 is 11.6 Å². The molecule has 1 amide bonds. The molecule has 4 rings (SSSR count). The summed E-state index contributed by atoms with van der Waals surface area (Å²) >= 11 is 6.37. The van der Waals surface area contributed by atoms with Crippen molar-refractivity contribution in [3.8, 4) is 11.5 Å². The molecule has 0 aromatic heterocycles. The Morgan fingerprint density at radius 2 is 1.71 bits per heavy atom. The van der Waals surface area contributed by atoms with E-state index in [-0.39, 0.29) is 17.1 Å². The fourth-order valence-corrected chi connectivity index (χ4v) is 4.59. The van der Waals surface area contributed by atoms with E-state index in [1.807, 2.05) is 0 Å². The fraction of sp³-hybridized carbons (Fsp3) is 0.240. The number of alkyl halides is 3. The highest BCUT2D eigenvalue weighted by Gasteiger charge is 2.40. The maximum absolute atomic E-state index is 15.1. The smallest absolute Gasteiger partial charge is 0.417 e. The van der Waals surface area contributed by atoms with Gasteiger partial charge in [0.1, 0.15) is 5.82 Å². The summed E-state index contributed by atoms with van der Waals surface area (Å²) in [7, 11) is 2.91. The van der Waals surface area contributed by atoms with E-state index in [4.69, 9.17) is 21.1 Å². The minimum Gasteiger partial charge on any atom is -0.493 e. The molecule has 3 aromatic carbocycles. The molecule has 0 N–H and O–H groups in total. The third kappa shape index (κ3) is 4.18. The first-order valence-corrected chi connectivity index (χ1v) is 10.7. The van der Waals surface area contributed by atoms with Crippen molar-refractivity contribution < 1.29 is 31.8 Å². The molecule has 178 valence electrons. The number of hydrogen-bond donors (Lipinski definition) is 0. The lowest BCUT2D eigenvalue weighted by molar-refractivity contribution is -0.138. The number of ether oxygens (including phenoxy) is 2. The van der Waals surface area contributed by atoms with Crippen LogP contribution in [0.4, 0.5) is 17.6 Å². The van der Waals surface area contributed by atoms with Crippen molar-refractivity contribution in [2.24, 2.45) is 0 Å². The molecular weight excluding hydrogens is 474 g/mol. The molecule has 1 atom stereocenters. The molecule has 1 heterocycles. The van der Waals surface area contributed by atoms with Gasteiger partial charge in [-0.3, -0.25) is 4.79 Å². The quantitative estimate of drug-likeness (QED) is 0.400.